The molecule has 0 aliphatic carbocycles. The van der Waals surface area contributed by atoms with Crippen molar-refractivity contribution in [1.82, 2.24) is 0 Å². The Labute approximate surface area is 118 Å². The van der Waals surface area contributed by atoms with Crippen LogP contribution >= 0.6 is 0 Å². The minimum absolute atomic E-state index is 0.182. The van der Waals surface area contributed by atoms with Crippen LogP contribution in [-0.2, 0) is 4.79 Å². The maximum absolute atomic E-state index is 12.3. The summed E-state index contributed by atoms with van der Waals surface area (Å²) in [7, 11) is 0. The van der Waals surface area contributed by atoms with E-state index in [0.717, 1.165) is 6.07 Å². The number of benzene rings is 1. The van der Waals surface area contributed by atoms with Crippen molar-refractivity contribution in [3.05, 3.63) is 24.3 Å². The molecule has 21 heavy (non-hydrogen) atoms. The van der Waals surface area contributed by atoms with E-state index in [0.29, 0.717) is 0 Å². The van der Waals surface area contributed by atoms with Crippen LogP contribution in [0.3, 0.4) is 0 Å². The standard InChI is InChI=1S/C12H14F3N3O3/c1-11(2,9(16)18-20)10(19)17-7-5-3-4-6-8(7)21-12(13,14)15/h3-6,20H,1-2H3,(H2,16,18)(H,17,19). The van der Waals surface area contributed by atoms with Crippen molar-refractivity contribution >= 4 is 17.4 Å². The van der Waals surface area contributed by atoms with E-state index >= 15 is 0 Å². The van der Waals surface area contributed by atoms with Gasteiger partial charge in [-0.1, -0.05) is 17.3 Å². The summed E-state index contributed by atoms with van der Waals surface area (Å²) >= 11 is 0. The lowest BCUT2D eigenvalue weighted by atomic mass is 9.91. The number of hydrogen-bond donors (Lipinski definition) is 3. The number of oxime groups is 1. The Kier molecular flexibility index (Phi) is 4.66. The first kappa shape index (κ1) is 16.6. The van der Waals surface area contributed by atoms with E-state index in [-0.39, 0.29) is 11.5 Å². The lowest BCUT2D eigenvalue weighted by Gasteiger charge is -2.22. The van der Waals surface area contributed by atoms with Gasteiger partial charge in [-0.25, -0.2) is 0 Å². The Morgan fingerprint density at radius 3 is 2.43 bits per heavy atom. The summed E-state index contributed by atoms with van der Waals surface area (Å²) in [6, 6.07) is 5.04. The van der Waals surface area contributed by atoms with Gasteiger partial charge < -0.3 is 21.0 Å². The van der Waals surface area contributed by atoms with Gasteiger partial charge in [0.05, 0.1) is 5.69 Å². The second-order valence-corrected chi connectivity index (χ2v) is 4.61. The third-order valence-corrected chi connectivity index (χ3v) is 2.68. The minimum Gasteiger partial charge on any atom is -0.409 e. The molecule has 116 valence electrons. The van der Waals surface area contributed by atoms with Crippen LogP contribution in [0.1, 0.15) is 13.8 Å². The second kappa shape index (κ2) is 5.90. The molecule has 1 amide bonds. The minimum atomic E-state index is -4.89. The van der Waals surface area contributed by atoms with Gasteiger partial charge >= 0.3 is 6.36 Å². The largest absolute Gasteiger partial charge is 0.573 e. The fourth-order valence-corrected chi connectivity index (χ4v) is 1.30. The smallest absolute Gasteiger partial charge is 0.409 e. The van der Waals surface area contributed by atoms with E-state index in [9.17, 15) is 18.0 Å². The Morgan fingerprint density at radius 2 is 1.90 bits per heavy atom. The highest BCUT2D eigenvalue weighted by molar-refractivity contribution is 6.11. The molecule has 0 saturated carbocycles. The average Bonchev–Trinajstić information content (AvgIpc) is 2.38. The van der Waals surface area contributed by atoms with Gasteiger partial charge in [0.1, 0.15) is 5.41 Å². The monoisotopic (exact) mass is 305 g/mol. The number of ether oxygens (including phenoxy) is 1. The van der Waals surface area contributed by atoms with Crippen LogP contribution in [0.4, 0.5) is 18.9 Å². The molecule has 1 aromatic carbocycles. The van der Waals surface area contributed by atoms with Crippen molar-refractivity contribution in [2.75, 3.05) is 5.32 Å². The molecule has 0 atom stereocenters. The van der Waals surface area contributed by atoms with Crippen molar-refractivity contribution in [3.63, 3.8) is 0 Å². The van der Waals surface area contributed by atoms with Gasteiger partial charge in [-0.3, -0.25) is 4.79 Å². The first-order chi connectivity index (χ1) is 9.58. The molecule has 1 rings (SSSR count). The van der Waals surface area contributed by atoms with Crippen LogP contribution in [0.25, 0.3) is 0 Å². The molecule has 0 aliphatic rings. The molecular weight excluding hydrogens is 291 g/mol. The molecule has 1 aromatic rings. The molecule has 0 spiro atoms. The Morgan fingerprint density at radius 1 is 1.33 bits per heavy atom. The maximum atomic E-state index is 12.3. The summed E-state index contributed by atoms with van der Waals surface area (Å²) in [4.78, 5) is 12.0. The summed E-state index contributed by atoms with van der Waals surface area (Å²) < 4.78 is 40.6. The topological polar surface area (TPSA) is 96.9 Å². The average molecular weight is 305 g/mol. The highest BCUT2D eigenvalue weighted by atomic mass is 19.4. The molecule has 6 nitrogen and oxygen atoms in total. The molecule has 0 aliphatic heterocycles. The number of amides is 1. The number of anilines is 1. The third kappa shape index (κ3) is 4.26. The lowest BCUT2D eigenvalue weighted by Crippen LogP contribution is -2.42. The molecular formula is C12H14F3N3O3. The zero-order valence-electron chi connectivity index (χ0n) is 11.2. The van der Waals surface area contributed by atoms with Crippen LogP contribution < -0.4 is 15.8 Å². The van der Waals surface area contributed by atoms with Crippen LogP contribution in [-0.4, -0.2) is 23.3 Å². The second-order valence-electron chi connectivity index (χ2n) is 4.61. The van der Waals surface area contributed by atoms with Gasteiger partial charge in [0, 0.05) is 0 Å². The van der Waals surface area contributed by atoms with Crippen LogP contribution in [0.15, 0.2) is 29.4 Å². The Bertz CT molecular complexity index is 556. The molecule has 0 unspecified atom stereocenters. The number of carbonyl (C=O) groups is 1. The quantitative estimate of drug-likeness (QED) is 0.344. The van der Waals surface area contributed by atoms with Crippen molar-refractivity contribution in [2.24, 2.45) is 16.3 Å². The fourth-order valence-electron chi connectivity index (χ4n) is 1.30. The summed E-state index contributed by atoms with van der Waals surface area (Å²) in [5, 5.41) is 13.6. The van der Waals surface area contributed by atoms with Crippen LogP contribution in [0.5, 0.6) is 5.75 Å². The molecule has 0 aromatic heterocycles. The molecule has 0 fully saturated rings. The third-order valence-electron chi connectivity index (χ3n) is 2.68. The first-order valence-electron chi connectivity index (χ1n) is 5.72. The number of nitrogens with zero attached hydrogens (tertiary/aromatic N) is 1. The summed E-state index contributed by atoms with van der Waals surface area (Å²) in [6.45, 7) is 2.70. The number of alkyl halides is 3. The van der Waals surface area contributed by atoms with Crippen molar-refractivity contribution < 1.29 is 27.9 Å². The predicted molar refractivity (Wildman–Crippen MR) is 68.9 cm³/mol. The number of hydrogen-bond acceptors (Lipinski definition) is 4. The van der Waals surface area contributed by atoms with E-state index in [1.165, 1.54) is 32.0 Å². The summed E-state index contributed by atoms with van der Waals surface area (Å²) in [5.41, 5.74) is 3.77. The van der Waals surface area contributed by atoms with E-state index in [2.05, 4.69) is 15.2 Å². The van der Waals surface area contributed by atoms with E-state index in [1.807, 2.05) is 0 Å². The number of amidine groups is 1. The summed E-state index contributed by atoms with van der Waals surface area (Å²) in [5.74, 6) is -1.70. The molecule has 0 bridgehead atoms. The van der Waals surface area contributed by atoms with Crippen LogP contribution in [0.2, 0.25) is 0 Å². The highest BCUT2D eigenvalue weighted by Gasteiger charge is 2.35. The van der Waals surface area contributed by atoms with Gasteiger partial charge in [-0.2, -0.15) is 0 Å². The van der Waals surface area contributed by atoms with Gasteiger partial charge in [0.2, 0.25) is 5.91 Å². The number of rotatable bonds is 4. The van der Waals surface area contributed by atoms with Crippen molar-refractivity contribution in [2.45, 2.75) is 20.2 Å². The lowest BCUT2D eigenvalue weighted by molar-refractivity contribution is -0.274. The number of carbonyl (C=O) groups excluding carboxylic acids is 1. The molecule has 9 heteroatoms. The number of para-hydroxylation sites is 2. The van der Waals surface area contributed by atoms with Gasteiger partial charge in [0.25, 0.3) is 0 Å². The zero-order chi connectivity index (χ0) is 16.3. The first-order valence-corrected chi connectivity index (χ1v) is 5.72. The van der Waals surface area contributed by atoms with Gasteiger partial charge in [-0.15, -0.1) is 13.2 Å². The van der Waals surface area contributed by atoms with E-state index in [4.69, 9.17) is 10.9 Å². The number of nitrogens with two attached hydrogens (primary N) is 1. The highest BCUT2D eigenvalue weighted by Crippen LogP contribution is 2.31. The fraction of sp³-hybridized carbons (Fsp3) is 0.333. The van der Waals surface area contributed by atoms with Crippen molar-refractivity contribution in [1.29, 1.82) is 0 Å². The Balaban J connectivity index is 3.01. The van der Waals surface area contributed by atoms with E-state index < -0.39 is 23.4 Å². The predicted octanol–water partition coefficient (Wildman–Crippen LogP) is 2.30. The van der Waals surface area contributed by atoms with E-state index in [1.54, 1.807) is 0 Å². The van der Waals surface area contributed by atoms with Gasteiger partial charge in [-0.05, 0) is 26.0 Å². The normalized spacial score (nSPS) is 12.9. The van der Waals surface area contributed by atoms with Crippen molar-refractivity contribution in [3.8, 4) is 5.75 Å². The molecule has 0 heterocycles. The zero-order valence-corrected chi connectivity index (χ0v) is 11.2. The van der Waals surface area contributed by atoms with Gasteiger partial charge in [0.15, 0.2) is 11.6 Å². The number of nitrogens with one attached hydrogen (secondary N) is 1. The maximum Gasteiger partial charge on any atom is 0.573 e. The Hall–Kier alpha value is -2.45. The molecule has 4 N–H and O–H groups in total. The molecule has 0 radical (unpaired) electrons. The summed E-state index contributed by atoms with van der Waals surface area (Å²) in [6.07, 6.45) is -4.89. The number of halogens is 3. The van der Waals surface area contributed by atoms with Crippen LogP contribution in [0, 0.1) is 5.41 Å². The SMILES string of the molecule is CC(C)(C(=O)Nc1ccccc1OC(F)(F)F)C(N)=NO. The molecule has 0 saturated heterocycles.